The molecular formula is C15H23NO. The van der Waals surface area contributed by atoms with Crippen molar-refractivity contribution in [3.8, 4) is 5.75 Å². The van der Waals surface area contributed by atoms with Gasteiger partial charge >= 0.3 is 0 Å². The fraction of sp³-hybridized carbons (Fsp3) is 0.467. The van der Waals surface area contributed by atoms with Crippen molar-refractivity contribution >= 4 is 0 Å². The first-order chi connectivity index (χ1) is 8.08. The Morgan fingerprint density at radius 1 is 1.35 bits per heavy atom. The van der Waals surface area contributed by atoms with Crippen LogP contribution >= 0.6 is 0 Å². The van der Waals surface area contributed by atoms with E-state index in [9.17, 15) is 0 Å². The third-order valence-corrected chi connectivity index (χ3v) is 2.73. The van der Waals surface area contributed by atoms with Crippen LogP contribution in [0.2, 0.25) is 0 Å². The minimum absolute atomic E-state index is 0.0482. The molecule has 2 nitrogen and oxygen atoms in total. The van der Waals surface area contributed by atoms with Crippen LogP contribution in [0.4, 0.5) is 0 Å². The molecular weight excluding hydrogens is 210 g/mol. The molecule has 0 fully saturated rings. The predicted molar refractivity (Wildman–Crippen MR) is 73.6 cm³/mol. The summed E-state index contributed by atoms with van der Waals surface area (Å²) in [6.45, 7) is 13.9. The van der Waals surface area contributed by atoms with Gasteiger partial charge in [-0.15, -0.1) is 0 Å². The van der Waals surface area contributed by atoms with Gasteiger partial charge in [-0.1, -0.05) is 31.7 Å². The molecule has 0 aliphatic rings. The lowest BCUT2D eigenvalue weighted by Gasteiger charge is -2.17. The lowest BCUT2D eigenvalue weighted by atomic mass is 10.1. The third-order valence-electron chi connectivity index (χ3n) is 2.73. The minimum Gasteiger partial charge on any atom is -0.486 e. The average molecular weight is 233 g/mol. The van der Waals surface area contributed by atoms with Crippen LogP contribution in [0, 0.1) is 13.8 Å². The second-order valence-electron chi connectivity index (χ2n) is 4.40. The standard InChI is InChI=1S/C15H23NO/c1-6-13(5)17-15-11(3)8-14(9-12(15)4)10-16-7-2/h6,8-9,13,16H,1,7,10H2,2-5H3. The van der Waals surface area contributed by atoms with Gasteiger partial charge in [0, 0.05) is 6.54 Å². The van der Waals surface area contributed by atoms with Crippen molar-refractivity contribution in [3.63, 3.8) is 0 Å². The van der Waals surface area contributed by atoms with Crippen molar-refractivity contribution in [2.24, 2.45) is 0 Å². The van der Waals surface area contributed by atoms with Crippen LogP contribution < -0.4 is 10.1 Å². The van der Waals surface area contributed by atoms with E-state index in [1.807, 2.05) is 13.0 Å². The van der Waals surface area contributed by atoms with E-state index in [1.165, 1.54) is 16.7 Å². The summed E-state index contributed by atoms with van der Waals surface area (Å²) in [6, 6.07) is 4.36. The molecule has 0 aliphatic heterocycles. The van der Waals surface area contributed by atoms with Gasteiger partial charge in [0.15, 0.2) is 0 Å². The second kappa shape index (κ2) is 6.45. The molecule has 0 bridgehead atoms. The Kier molecular flexibility index (Phi) is 5.23. The Hall–Kier alpha value is -1.28. The van der Waals surface area contributed by atoms with Crippen LogP contribution in [0.15, 0.2) is 24.8 Å². The molecule has 94 valence electrons. The van der Waals surface area contributed by atoms with Crippen molar-refractivity contribution in [2.75, 3.05) is 6.54 Å². The number of aryl methyl sites for hydroxylation is 2. The second-order valence-corrected chi connectivity index (χ2v) is 4.40. The number of rotatable bonds is 6. The monoisotopic (exact) mass is 233 g/mol. The highest BCUT2D eigenvalue weighted by atomic mass is 16.5. The van der Waals surface area contributed by atoms with Crippen LogP contribution in [0.25, 0.3) is 0 Å². The average Bonchev–Trinajstić information content (AvgIpc) is 2.30. The number of hydrogen-bond acceptors (Lipinski definition) is 2. The summed E-state index contributed by atoms with van der Waals surface area (Å²) in [5, 5.41) is 3.33. The quantitative estimate of drug-likeness (QED) is 0.761. The van der Waals surface area contributed by atoms with Crippen molar-refractivity contribution in [1.82, 2.24) is 5.32 Å². The summed E-state index contributed by atoms with van der Waals surface area (Å²) in [6.07, 6.45) is 1.86. The topological polar surface area (TPSA) is 21.3 Å². The van der Waals surface area contributed by atoms with Crippen LogP contribution in [0.5, 0.6) is 5.75 Å². The van der Waals surface area contributed by atoms with Gasteiger partial charge in [-0.3, -0.25) is 0 Å². The van der Waals surface area contributed by atoms with Gasteiger partial charge in [0.05, 0.1) is 0 Å². The van der Waals surface area contributed by atoms with Gasteiger partial charge in [0.2, 0.25) is 0 Å². The molecule has 0 aliphatic carbocycles. The summed E-state index contributed by atoms with van der Waals surface area (Å²) < 4.78 is 5.85. The predicted octanol–water partition coefficient (Wildman–Crippen LogP) is 3.37. The fourth-order valence-corrected chi connectivity index (χ4v) is 1.83. The number of nitrogens with one attached hydrogen (secondary N) is 1. The molecule has 0 heterocycles. The maximum Gasteiger partial charge on any atom is 0.126 e. The van der Waals surface area contributed by atoms with Gasteiger partial charge < -0.3 is 10.1 Å². The van der Waals surface area contributed by atoms with Gasteiger partial charge in [0.25, 0.3) is 0 Å². The molecule has 1 N–H and O–H groups in total. The largest absolute Gasteiger partial charge is 0.486 e. The highest BCUT2D eigenvalue weighted by Gasteiger charge is 2.08. The highest BCUT2D eigenvalue weighted by molar-refractivity contribution is 5.43. The van der Waals surface area contributed by atoms with Crippen molar-refractivity contribution in [3.05, 3.63) is 41.5 Å². The number of hydrogen-bond donors (Lipinski definition) is 1. The molecule has 2 heteroatoms. The molecule has 1 unspecified atom stereocenters. The molecule has 0 saturated heterocycles. The normalized spacial score (nSPS) is 12.2. The zero-order valence-corrected chi connectivity index (χ0v) is 11.3. The molecule has 1 aromatic carbocycles. The van der Waals surface area contributed by atoms with Gasteiger partial charge in [-0.05, 0) is 44.0 Å². The highest BCUT2D eigenvalue weighted by Crippen LogP contribution is 2.26. The first kappa shape index (κ1) is 13.8. The summed E-state index contributed by atoms with van der Waals surface area (Å²) in [5.74, 6) is 0.984. The molecule has 0 spiro atoms. The summed E-state index contributed by atoms with van der Waals surface area (Å²) >= 11 is 0. The van der Waals surface area contributed by atoms with Crippen LogP contribution in [0.1, 0.15) is 30.5 Å². The lowest BCUT2D eigenvalue weighted by Crippen LogP contribution is -2.13. The number of benzene rings is 1. The van der Waals surface area contributed by atoms with Crippen molar-refractivity contribution < 1.29 is 4.74 Å². The third kappa shape index (κ3) is 3.90. The Morgan fingerprint density at radius 2 is 1.94 bits per heavy atom. The van der Waals surface area contributed by atoms with Crippen molar-refractivity contribution in [2.45, 2.75) is 40.3 Å². The summed E-state index contributed by atoms with van der Waals surface area (Å²) in [5.41, 5.74) is 3.68. The summed E-state index contributed by atoms with van der Waals surface area (Å²) in [7, 11) is 0. The van der Waals surface area contributed by atoms with E-state index in [-0.39, 0.29) is 6.10 Å². The zero-order valence-electron chi connectivity index (χ0n) is 11.3. The molecule has 1 aromatic rings. The van der Waals surface area contributed by atoms with E-state index in [0.717, 1.165) is 18.8 Å². The Balaban J connectivity index is 2.89. The van der Waals surface area contributed by atoms with Gasteiger partial charge in [0.1, 0.15) is 11.9 Å². The Labute approximate surface area is 105 Å². The first-order valence-electron chi connectivity index (χ1n) is 6.18. The van der Waals surface area contributed by atoms with Crippen LogP contribution in [-0.2, 0) is 6.54 Å². The van der Waals surface area contributed by atoms with Gasteiger partial charge in [-0.25, -0.2) is 0 Å². The van der Waals surface area contributed by atoms with Crippen LogP contribution in [0.3, 0.4) is 0 Å². The van der Waals surface area contributed by atoms with E-state index >= 15 is 0 Å². The van der Waals surface area contributed by atoms with E-state index < -0.39 is 0 Å². The SMILES string of the molecule is C=CC(C)Oc1c(C)cc(CNCC)cc1C. The van der Waals surface area contributed by atoms with E-state index in [0.29, 0.717) is 0 Å². The minimum atomic E-state index is 0.0482. The summed E-state index contributed by atoms with van der Waals surface area (Å²) in [4.78, 5) is 0. The lowest BCUT2D eigenvalue weighted by molar-refractivity contribution is 0.266. The maximum atomic E-state index is 5.85. The van der Waals surface area contributed by atoms with Crippen molar-refractivity contribution in [1.29, 1.82) is 0 Å². The molecule has 0 amide bonds. The van der Waals surface area contributed by atoms with E-state index in [4.69, 9.17) is 4.74 Å². The molecule has 1 rings (SSSR count). The number of ether oxygens (including phenoxy) is 1. The molecule has 0 saturated carbocycles. The zero-order chi connectivity index (χ0) is 12.8. The fourth-order valence-electron chi connectivity index (χ4n) is 1.83. The molecule has 0 radical (unpaired) electrons. The van der Waals surface area contributed by atoms with E-state index in [1.54, 1.807) is 0 Å². The van der Waals surface area contributed by atoms with Crippen LogP contribution in [-0.4, -0.2) is 12.6 Å². The first-order valence-corrected chi connectivity index (χ1v) is 6.18. The van der Waals surface area contributed by atoms with Gasteiger partial charge in [-0.2, -0.15) is 0 Å². The Morgan fingerprint density at radius 3 is 2.41 bits per heavy atom. The Bertz CT molecular complexity index is 362. The smallest absolute Gasteiger partial charge is 0.126 e. The maximum absolute atomic E-state index is 5.85. The molecule has 0 aromatic heterocycles. The molecule has 17 heavy (non-hydrogen) atoms. The molecule has 1 atom stereocenters. The van der Waals surface area contributed by atoms with E-state index in [2.05, 4.69) is 44.8 Å².